The first-order chi connectivity index (χ1) is 16.9. The number of rotatable bonds is 11. The van der Waals surface area contributed by atoms with E-state index in [1.54, 1.807) is 31.1 Å². The molecule has 2 aromatic carbocycles. The summed E-state index contributed by atoms with van der Waals surface area (Å²) in [5, 5.41) is 0. The molecule has 1 heterocycles. The summed E-state index contributed by atoms with van der Waals surface area (Å²) in [4.78, 5) is 44.4. The van der Waals surface area contributed by atoms with Gasteiger partial charge in [-0.05, 0) is 17.5 Å². The Hall–Kier alpha value is -3.94. The van der Waals surface area contributed by atoms with Crippen LogP contribution in [0.3, 0.4) is 0 Å². The third-order valence-corrected chi connectivity index (χ3v) is 6.12. The average Bonchev–Trinajstić information content (AvgIpc) is 3.31. The molecule has 3 rings (SSSR count). The maximum Gasteiger partial charge on any atom is 0.324 e. The van der Waals surface area contributed by atoms with E-state index in [0.717, 1.165) is 11.1 Å². The van der Waals surface area contributed by atoms with Crippen LogP contribution in [-0.2, 0) is 55.3 Å². The molecule has 0 radical (unpaired) electrons. The van der Waals surface area contributed by atoms with Crippen molar-refractivity contribution in [2.24, 2.45) is 18.4 Å². The van der Waals surface area contributed by atoms with Gasteiger partial charge in [-0.3, -0.25) is 14.4 Å². The zero-order valence-corrected chi connectivity index (χ0v) is 20.2. The van der Waals surface area contributed by atoms with E-state index in [1.807, 2.05) is 60.7 Å². The smallest absolute Gasteiger partial charge is 0.324 e. The lowest BCUT2D eigenvalue weighted by molar-refractivity contribution is -0.185. The van der Waals surface area contributed by atoms with Crippen LogP contribution in [0.1, 0.15) is 30.2 Å². The predicted molar refractivity (Wildman–Crippen MR) is 128 cm³/mol. The highest BCUT2D eigenvalue weighted by Crippen LogP contribution is 2.39. The number of benzene rings is 2. The quantitative estimate of drug-likeness (QED) is 0.236. The number of hydrogen-bond acceptors (Lipinski definition) is 7. The lowest BCUT2D eigenvalue weighted by atomic mass is 9.71. The number of carbonyl (C=O) groups is 3. The van der Waals surface area contributed by atoms with Crippen LogP contribution in [0.5, 0.6) is 0 Å². The van der Waals surface area contributed by atoms with Crippen LogP contribution < -0.4 is 0 Å². The van der Waals surface area contributed by atoms with Crippen molar-refractivity contribution in [3.05, 3.63) is 90.0 Å². The Labute approximate surface area is 204 Å². The Bertz CT molecular complexity index is 1070. The van der Waals surface area contributed by atoms with E-state index >= 15 is 0 Å². The fourth-order valence-electron chi connectivity index (χ4n) is 4.00. The van der Waals surface area contributed by atoms with Crippen LogP contribution in [0, 0.1) is 11.3 Å². The Morgan fingerprint density at radius 3 is 1.83 bits per heavy atom. The first-order valence-corrected chi connectivity index (χ1v) is 11.4. The number of aryl methyl sites for hydroxylation is 1. The number of ether oxygens (including phenoxy) is 3. The standard InChI is InChI=1S/C27H30N2O6/c1-4-27(25(31)34-17-20-11-7-5-8-12-20,26(32)35-18-21-13-9-6-10-14-21)23(24(30)33-3)15-22-16-28-19-29(22)2/h5-14,16,19,23H,4,15,17-18H2,1-3H3/t23-/m0/s1. The SMILES string of the molecule is CCC(C(=O)OCc1ccccc1)(C(=O)OCc1ccccc1)[C@@H](Cc1cncn1C)C(=O)OC. The molecule has 8 nitrogen and oxygen atoms in total. The lowest BCUT2D eigenvalue weighted by Gasteiger charge is -2.34. The highest BCUT2D eigenvalue weighted by atomic mass is 16.6. The van der Waals surface area contributed by atoms with Crippen LogP contribution >= 0.6 is 0 Å². The second kappa shape index (κ2) is 12.0. The largest absolute Gasteiger partial charge is 0.469 e. The Morgan fingerprint density at radius 1 is 0.914 bits per heavy atom. The Morgan fingerprint density at radius 2 is 1.43 bits per heavy atom. The van der Waals surface area contributed by atoms with Crippen molar-refractivity contribution >= 4 is 17.9 Å². The van der Waals surface area contributed by atoms with Crippen molar-refractivity contribution < 1.29 is 28.6 Å². The molecule has 1 atom stereocenters. The monoisotopic (exact) mass is 478 g/mol. The molecule has 0 aliphatic heterocycles. The van der Waals surface area contributed by atoms with Gasteiger partial charge in [0, 0.05) is 25.4 Å². The molecule has 3 aromatic rings. The summed E-state index contributed by atoms with van der Waals surface area (Å²) in [6.45, 7) is 1.56. The van der Waals surface area contributed by atoms with Gasteiger partial charge >= 0.3 is 17.9 Å². The number of nitrogens with zero attached hydrogens (tertiary/aromatic N) is 2. The zero-order valence-electron chi connectivity index (χ0n) is 20.2. The summed E-state index contributed by atoms with van der Waals surface area (Å²) in [6.07, 6.45) is 3.18. The van der Waals surface area contributed by atoms with E-state index in [4.69, 9.17) is 14.2 Å². The molecule has 35 heavy (non-hydrogen) atoms. The molecule has 1 aromatic heterocycles. The fraction of sp³-hybridized carbons (Fsp3) is 0.333. The maximum absolute atomic E-state index is 13.6. The van der Waals surface area contributed by atoms with E-state index in [0.29, 0.717) is 5.69 Å². The van der Waals surface area contributed by atoms with Crippen molar-refractivity contribution in [3.63, 3.8) is 0 Å². The average molecular weight is 479 g/mol. The highest BCUT2D eigenvalue weighted by Gasteiger charge is 2.57. The summed E-state index contributed by atoms with van der Waals surface area (Å²) in [6, 6.07) is 18.2. The molecule has 0 bridgehead atoms. The van der Waals surface area contributed by atoms with Gasteiger partial charge in [0.1, 0.15) is 13.2 Å². The molecule has 0 saturated heterocycles. The Kier molecular flexibility index (Phi) is 8.78. The minimum atomic E-state index is -1.92. The fourth-order valence-corrected chi connectivity index (χ4v) is 4.00. The summed E-state index contributed by atoms with van der Waals surface area (Å²) < 4.78 is 18.0. The molecule has 8 heteroatoms. The van der Waals surface area contributed by atoms with Gasteiger partial charge in [0.15, 0.2) is 5.41 Å². The van der Waals surface area contributed by atoms with E-state index in [9.17, 15) is 14.4 Å². The predicted octanol–water partition coefficient (Wildman–Crippen LogP) is 3.64. The molecular formula is C27H30N2O6. The van der Waals surface area contributed by atoms with Gasteiger partial charge in [0.05, 0.1) is 19.4 Å². The Balaban J connectivity index is 1.97. The molecule has 0 fully saturated rings. The first-order valence-electron chi connectivity index (χ1n) is 11.4. The number of methoxy groups -OCH3 is 1. The van der Waals surface area contributed by atoms with Gasteiger partial charge in [0.2, 0.25) is 0 Å². The van der Waals surface area contributed by atoms with Crippen molar-refractivity contribution in [1.82, 2.24) is 9.55 Å². The van der Waals surface area contributed by atoms with Gasteiger partial charge in [-0.25, -0.2) is 4.98 Å². The molecule has 0 saturated carbocycles. The summed E-state index contributed by atoms with van der Waals surface area (Å²) in [7, 11) is 3.00. The van der Waals surface area contributed by atoms with Crippen molar-refractivity contribution in [3.8, 4) is 0 Å². The molecule has 0 aliphatic carbocycles. The molecule has 0 N–H and O–H groups in total. The number of hydrogen-bond donors (Lipinski definition) is 0. The molecule has 184 valence electrons. The summed E-state index contributed by atoms with van der Waals surface area (Å²) in [5.74, 6) is -3.56. The van der Waals surface area contributed by atoms with Gasteiger partial charge < -0.3 is 18.8 Å². The molecule has 0 unspecified atom stereocenters. The minimum Gasteiger partial charge on any atom is -0.469 e. The van der Waals surface area contributed by atoms with E-state index < -0.39 is 29.2 Å². The van der Waals surface area contributed by atoms with Crippen LogP contribution in [0.25, 0.3) is 0 Å². The van der Waals surface area contributed by atoms with Crippen LogP contribution in [-0.4, -0.2) is 34.6 Å². The van der Waals surface area contributed by atoms with Crippen LogP contribution in [0.4, 0.5) is 0 Å². The highest BCUT2D eigenvalue weighted by molar-refractivity contribution is 6.04. The third kappa shape index (κ3) is 5.95. The molecule has 0 spiro atoms. The van der Waals surface area contributed by atoms with Gasteiger partial charge in [-0.1, -0.05) is 67.6 Å². The second-order valence-corrected chi connectivity index (χ2v) is 8.22. The van der Waals surface area contributed by atoms with Gasteiger partial charge in [0.25, 0.3) is 0 Å². The van der Waals surface area contributed by atoms with Crippen LogP contribution in [0.15, 0.2) is 73.2 Å². The van der Waals surface area contributed by atoms with Crippen molar-refractivity contribution in [2.45, 2.75) is 33.0 Å². The zero-order chi connectivity index (χ0) is 25.3. The summed E-state index contributed by atoms with van der Waals surface area (Å²) in [5.41, 5.74) is 0.250. The van der Waals surface area contributed by atoms with E-state index in [2.05, 4.69) is 4.98 Å². The normalized spacial score (nSPS) is 12.0. The van der Waals surface area contributed by atoms with E-state index in [-0.39, 0.29) is 26.1 Å². The number of carbonyl (C=O) groups excluding carboxylic acids is 3. The van der Waals surface area contributed by atoms with Gasteiger partial charge in [-0.15, -0.1) is 0 Å². The van der Waals surface area contributed by atoms with E-state index in [1.165, 1.54) is 7.11 Å². The van der Waals surface area contributed by atoms with Crippen LogP contribution in [0.2, 0.25) is 0 Å². The number of aromatic nitrogens is 2. The first kappa shape index (κ1) is 25.7. The molecular weight excluding hydrogens is 448 g/mol. The third-order valence-electron chi connectivity index (χ3n) is 6.12. The topological polar surface area (TPSA) is 96.7 Å². The molecule has 0 aliphatic rings. The second-order valence-electron chi connectivity index (χ2n) is 8.22. The maximum atomic E-state index is 13.6. The molecule has 0 amide bonds. The minimum absolute atomic E-state index is 0.0220. The van der Waals surface area contributed by atoms with Crippen molar-refractivity contribution in [2.75, 3.05) is 7.11 Å². The van der Waals surface area contributed by atoms with Gasteiger partial charge in [-0.2, -0.15) is 0 Å². The number of imidazole rings is 1. The number of esters is 3. The summed E-state index contributed by atoms with van der Waals surface area (Å²) >= 11 is 0. The van der Waals surface area contributed by atoms with Crippen molar-refractivity contribution in [1.29, 1.82) is 0 Å². The lowest BCUT2D eigenvalue weighted by Crippen LogP contribution is -2.51.